The van der Waals surface area contributed by atoms with Crippen molar-refractivity contribution in [2.45, 2.75) is 32.1 Å². The maximum Gasteiger partial charge on any atom is 0.0406 e. The molecular weight excluding hydrogens is 395 g/mol. The second kappa shape index (κ2) is 7.20. The molecule has 0 saturated carbocycles. The Morgan fingerprint density at radius 3 is 1.41 bits per heavy atom. The molecule has 0 aromatic heterocycles. The van der Waals surface area contributed by atoms with Crippen LogP contribution in [0.3, 0.4) is 0 Å². The van der Waals surface area contributed by atoms with E-state index in [0.717, 1.165) is 16.5 Å². The van der Waals surface area contributed by atoms with Crippen molar-refractivity contribution in [2.75, 3.05) is 0 Å². The highest BCUT2D eigenvalue weighted by molar-refractivity contribution is 6.30. The Kier molecular flexibility index (Phi) is 4.65. The number of halogens is 2. The smallest absolute Gasteiger partial charge is 0.0406 e. The van der Waals surface area contributed by atoms with Gasteiger partial charge in [0, 0.05) is 21.9 Å². The third-order valence-corrected chi connectivity index (χ3v) is 6.92. The first kappa shape index (κ1) is 18.7. The molecule has 2 heteroatoms. The molecule has 0 saturated heterocycles. The summed E-state index contributed by atoms with van der Waals surface area (Å²) in [5.41, 5.74) is 8.31. The molecule has 0 fully saturated rings. The van der Waals surface area contributed by atoms with Gasteiger partial charge in [0.05, 0.1) is 0 Å². The Morgan fingerprint density at radius 1 is 0.586 bits per heavy atom. The number of benzene rings is 4. The highest BCUT2D eigenvalue weighted by Gasteiger charge is 2.32. The Balaban J connectivity index is 1.82. The molecule has 0 heterocycles. The van der Waals surface area contributed by atoms with Crippen molar-refractivity contribution in [3.63, 3.8) is 0 Å². The van der Waals surface area contributed by atoms with Gasteiger partial charge >= 0.3 is 0 Å². The van der Waals surface area contributed by atoms with Crippen LogP contribution < -0.4 is 0 Å². The van der Waals surface area contributed by atoms with Crippen molar-refractivity contribution in [1.82, 2.24) is 0 Å². The first-order valence-electron chi connectivity index (χ1n) is 10.1. The molecule has 2 unspecified atom stereocenters. The summed E-state index contributed by atoms with van der Waals surface area (Å²) in [7, 11) is 0. The van der Waals surface area contributed by atoms with Crippen molar-refractivity contribution in [3.8, 4) is 0 Å². The first-order chi connectivity index (χ1) is 14.0. The summed E-state index contributed by atoms with van der Waals surface area (Å²) in [5, 5.41) is 4.31. The van der Waals surface area contributed by atoms with Crippen LogP contribution in [0.25, 0.3) is 10.8 Å². The van der Waals surface area contributed by atoms with Gasteiger partial charge in [-0.25, -0.2) is 0 Å². The quantitative estimate of drug-likeness (QED) is 0.307. The summed E-state index contributed by atoms with van der Waals surface area (Å²) >= 11 is 12.4. The molecule has 0 N–H and O–H groups in total. The third-order valence-electron chi connectivity index (χ3n) is 6.42. The van der Waals surface area contributed by atoms with Crippen LogP contribution in [0.15, 0.2) is 72.8 Å². The van der Waals surface area contributed by atoms with E-state index in [0.29, 0.717) is 11.8 Å². The second-order valence-corrected chi connectivity index (χ2v) is 9.01. The van der Waals surface area contributed by atoms with Crippen molar-refractivity contribution in [1.29, 1.82) is 0 Å². The summed E-state index contributed by atoms with van der Waals surface area (Å²) in [6.45, 7) is 4.48. The monoisotopic (exact) mass is 416 g/mol. The molecule has 1 aliphatic rings. The van der Waals surface area contributed by atoms with Crippen molar-refractivity contribution in [2.24, 2.45) is 0 Å². The van der Waals surface area contributed by atoms with Crippen LogP contribution >= 0.6 is 23.2 Å². The normalized spacial score (nSPS) is 18.2. The molecule has 5 rings (SSSR count). The standard InChI is InChI=1S/C27H22Cl2/c1-16-3-5-20-6-4-17(2)26-24(19-9-13-22(29)14-10-19)15-23(25(16)27(20)26)18-7-11-21(28)12-8-18/h3-14,23-24H,15H2,1-2H3. The highest BCUT2D eigenvalue weighted by atomic mass is 35.5. The molecule has 4 aromatic rings. The zero-order chi connectivity index (χ0) is 20.1. The van der Waals surface area contributed by atoms with E-state index < -0.39 is 0 Å². The predicted molar refractivity (Wildman–Crippen MR) is 125 cm³/mol. The fourth-order valence-corrected chi connectivity index (χ4v) is 5.30. The van der Waals surface area contributed by atoms with Gasteiger partial charge in [-0.2, -0.15) is 0 Å². The highest BCUT2D eigenvalue weighted by Crippen LogP contribution is 2.50. The molecule has 29 heavy (non-hydrogen) atoms. The van der Waals surface area contributed by atoms with Gasteiger partial charge in [0.2, 0.25) is 0 Å². The molecule has 0 radical (unpaired) electrons. The summed E-state index contributed by atoms with van der Waals surface area (Å²) < 4.78 is 0. The van der Waals surface area contributed by atoms with Crippen molar-refractivity contribution in [3.05, 3.63) is 116 Å². The molecule has 2 atom stereocenters. The SMILES string of the molecule is Cc1ccc2ccc(C)c3c2c1C(c1ccc(Cl)cc1)CC3c1ccc(Cl)cc1. The number of rotatable bonds is 2. The van der Waals surface area contributed by atoms with E-state index in [9.17, 15) is 0 Å². The molecular formula is C27H22Cl2. The zero-order valence-corrected chi connectivity index (χ0v) is 18.1. The number of hydrogen-bond donors (Lipinski definition) is 0. The summed E-state index contributed by atoms with van der Waals surface area (Å²) in [6.07, 6.45) is 1.04. The lowest BCUT2D eigenvalue weighted by atomic mass is 9.68. The molecule has 0 amide bonds. The Morgan fingerprint density at radius 2 is 1.00 bits per heavy atom. The van der Waals surface area contributed by atoms with Crippen LogP contribution in [0.5, 0.6) is 0 Å². The van der Waals surface area contributed by atoms with Crippen LogP contribution in [0.4, 0.5) is 0 Å². The average Bonchev–Trinajstić information content (AvgIpc) is 2.73. The lowest BCUT2D eigenvalue weighted by Crippen LogP contribution is -2.18. The van der Waals surface area contributed by atoms with Gasteiger partial charge < -0.3 is 0 Å². The van der Waals surface area contributed by atoms with E-state index in [1.54, 1.807) is 0 Å². The Hall–Kier alpha value is -2.28. The van der Waals surface area contributed by atoms with Crippen LogP contribution in [0, 0.1) is 13.8 Å². The summed E-state index contributed by atoms with van der Waals surface area (Å²) in [5.74, 6) is 0.678. The Labute approximate surface area is 182 Å². The topological polar surface area (TPSA) is 0 Å². The second-order valence-electron chi connectivity index (χ2n) is 8.13. The van der Waals surface area contributed by atoms with Crippen LogP contribution in [-0.4, -0.2) is 0 Å². The predicted octanol–water partition coefficient (Wildman–Crippen LogP) is 8.43. The van der Waals surface area contributed by atoms with Crippen LogP contribution in [-0.2, 0) is 0 Å². The van der Waals surface area contributed by atoms with Gasteiger partial charge in [-0.3, -0.25) is 0 Å². The molecule has 1 aliphatic carbocycles. The van der Waals surface area contributed by atoms with Gasteiger partial charge in [-0.05, 0) is 88.7 Å². The summed E-state index contributed by atoms with van der Waals surface area (Å²) in [6, 6.07) is 25.8. The van der Waals surface area contributed by atoms with Gasteiger partial charge in [-0.1, -0.05) is 71.7 Å². The van der Waals surface area contributed by atoms with Gasteiger partial charge in [0.25, 0.3) is 0 Å². The van der Waals surface area contributed by atoms with E-state index in [2.05, 4.69) is 62.4 Å². The molecule has 0 aliphatic heterocycles. The maximum absolute atomic E-state index is 6.19. The minimum atomic E-state index is 0.339. The summed E-state index contributed by atoms with van der Waals surface area (Å²) in [4.78, 5) is 0. The molecule has 0 nitrogen and oxygen atoms in total. The largest absolute Gasteiger partial charge is 0.0843 e. The first-order valence-corrected chi connectivity index (χ1v) is 10.8. The van der Waals surface area contributed by atoms with Gasteiger partial charge in [0.15, 0.2) is 0 Å². The van der Waals surface area contributed by atoms with Gasteiger partial charge in [0.1, 0.15) is 0 Å². The third kappa shape index (κ3) is 3.16. The van der Waals surface area contributed by atoms with E-state index in [-0.39, 0.29) is 0 Å². The number of aryl methyl sites for hydroxylation is 2. The minimum Gasteiger partial charge on any atom is -0.0843 e. The molecule has 0 bridgehead atoms. The van der Waals surface area contributed by atoms with Gasteiger partial charge in [-0.15, -0.1) is 0 Å². The molecule has 144 valence electrons. The maximum atomic E-state index is 6.19. The van der Waals surface area contributed by atoms with Crippen molar-refractivity contribution >= 4 is 34.0 Å². The van der Waals surface area contributed by atoms with Crippen LogP contribution in [0.1, 0.15) is 51.6 Å². The average molecular weight is 417 g/mol. The van der Waals surface area contributed by atoms with E-state index in [1.807, 2.05) is 24.3 Å². The fourth-order valence-electron chi connectivity index (χ4n) is 5.05. The zero-order valence-electron chi connectivity index (χ0n) is 16.5. The lowest BCUT2D eigenvalue weighted by molar-refractivity contribution is 0.628. The molecule has 4 aromatic carbocycles. The molecule has 0 spiro atoms. The van der Waals surface area contributed by atoms with Crippen LogP contribution in [0.2, 0.25) is 10.0 Å². The Bertz CT molecular complexity index is 1110. The fraction of sp³-hybridized carbons (Fsp3) is 0.185. The minimum absolute atomic E-state index is 0.339. The lowest BCUT2D eigenvalue weighted by Gasteiger charge is -2.35. The van der Waals surface area contributed by atoms with E-state index in [1.165, 1.54) is 44.2 Å². The van der Waals surface area contributed by atoms with E-state index >= 15 is 0 Å². The van der Waals surface area contributed by atoms with E-state index in [4.69, 9.17) is 23.2 Å². The van der Waals surface area contributed by atoms with Crippen molar-refractivity contribution < 1.29 is 0 Å². The number of hydrogen-bond acceptors (Lipinski definition) is 0.